The predicted octanol–water partition coefficient (Wildman–Crippen LogP) is 6.47. The lowest BCUT2D eigenvalue weighted by atomic mass is 10.0. The van der Waals surface area contributed by atoms with Gasteiger partial charge in [-0.1, -0.05) is 61.2 Å². The lowest BCUT2D eigenvalue weighted by Crippen LogP contribution is -2.15. The number of rotatable bonds is 9. The third kappa shape index (κ3) is 4.86. The minimum absolute atomic E-state index is 0.198. The van der Waals surface area contributed by atoms with Gasteiger partial charge >= 0.3 is 0 Å². The Morgan fingerprint density at radius 2 is 1.74 bits per heavy atom. The van der Waals surface area contributed by atoms with Gasteiger partial charge in [-0.25, -0.2) is 4.98 Å². The molecule has 2 aromatic heterocycles. The van der Waals surface area contributed by atoms with Crippen LogP contribution in [-0.4, -0.2) is 32.8 Å². The van der Waals surface area contributed by atoms with E-state index in [4.69, 9.17) is 0 Å². The van der Waals surface area contributed by atoms with E-state index in [1.807, 2.05) is 18.2 Å². The zero-order valence-electron chi connectivity index (χ0n) is 19.2. The molecule has 35 heavy (non-hydrogen) atoms. The van der Waals surface area contributed by atoms with Gasteiger partial charge in [-0.15, -0.1) is 0 Å². The molecule has 0 saturated carbocycles. The van der Waals surface area contributed by atoms with Crippen LogP contribution in [-0.2, 0) is 0 Å². The maximum Gasteiger partial charge on any atom is 0.172 e. The smallest absolute Gasteiger partial charge is 0.172 e. The highest BCUT2D eigenvalue weighted by atomic mass is 79.9. The Balaban J connectivity index is 1.20. The van der Waals surface area contributed by atoms with Crippen LogP contribution < -0.4 is 10.6 Å². The number of phenolic OH excluding ortho intramolecular Hbond substituents is 1. The summed E-state index contributed by atoms with van der Waals surface area (Å²) in [5.41, 5.74) is 4.15. The Labute approximate surface area is 212 Å². The molecule has 2 heterocycles. The van der Waals surface area contributed by atoms with Crippen molar-refractivity contribution in [3.05, 3.63) is 95.6 Å². The summed E-state index contributed by atoms with van der Waals surface area (Å²) in [5, 5.41) is 24.1. The topological polar surface area (TPSA) is 74.5 Å². The van der Waals surface area contributed by atoms with Crippen molar-refractivity contribution < 1.29 is 5.11 Å². The molecule has 3 N–H and O–H groups in total. The first-order chi connectivity index (χ1) is 17.1. The van der Waals surface area contributed by atoms with Crippen molar-refractivity contribution >= 4 is 43.9 Å². The Hall–Kier alpha value is -3.84. The second-order valence-corrected chi connectivity index (χ2v) is 9.19. The quantitative estimate of drug-likeness (QED) is 0.191. The molecule has 0 bridgehead atoms. The van der Waals surface area contributed by atoms with Gasteiger partial charge < -0.3 is 15.7 Å². The van der Waals surface area contributed by atoms with Gasteiger partial charge in [-0.3, -0.25) is 0 Å². The standard InChI is InChI=1S/C28H26BrN5O/c1-19(21-13-8-10-20-9-2-3-11-22(20)21)30-15-6-7-16-31-27-17-25(23-12-4-5-14-26(23)35)33-28-24(29)18-32-34(27)28/h2-5,8-14,17-18,30-31,35H,1,6-7,15-16H2. The van der Waals surface area contributed by atoms with Crippen LogP contribution in [0.1, 0.15) is 18.4 Å². The monoisotopic (exact) mass is 527 g/mol. The minimum atomic E-state index is 0.198. The van der Waals surface area contributed by atoms with Crippen molar-refractivity contribution in [2.24, 2.45) is 0 Å². The van der Waals surface area contributed by atoms with Crippen molar-refractivity contribution in [2.45, 2.75) is 12.8 Å². The third-order valence-corrected chi connectivity index (χ3v) is 6.53. The lowest BCUT2D eigenvalue weighted by molar-refractivity contribution is 0.477. The van der Waals surface area contributed by atoms with Gasteiger partial charge in [0.05, 0.1) is 16.4 Å². The molecule has 0 aliphatic carbocycles. The number of para-hydroxylation sites is 1. The maximum atomic E-state index is 10.3. The first-order valence-electron chi connectivity index (χ1n) is 11.6. The van der Waals surface area contributed by atoms with E-state index in [1.165, 1.54) is 10.8 Å². The van der Waals surface area contributed by atoms with E-state index in [9.17, 15) is 5.11 Å². The number of nitrogens with one attached hydrogen (secondary N) is 2. The summed E-state index contributed by atoms with van der Waals surface area (Å²) in [7, 11) is 0. The minimum Gasteiger partial charge on any atom is -0.507 e. The molecule has 6 nitrogen and oxygen atoms in total. The Bertz CT molecular complexity index is 1510. The molecule has 0 atom stereocenters. The van der Waals surface area contributed by atoms with E-state index in [0.717, 1.165) is 47.5 Å². The zero-order chi connectivity index (χ0) is 24.2. The summed E-state index contributed by atoms with van der Waals surface area (Å²) < 4.78 is 2.57. The molecule has 3 aromatic carbocycles. The molecule has 0 aliphatic rings. The molecular weight excluding hydrogens is 502 g/mol. The van der Waals surface area contributed by atoms with Crippen LogP contribution in [0.2, 0.25) is 0 Å². The summed E-state index contributed by atoms with van der Waals surface area (Å²) in [6, 6.07) is 23.8. The van der Waals surface area contributed by atoms with Gasteiger partial charge in [0.15, 0.2) is 5.65 Å². The molecule has 0 aliphatic heterocycles. The highest BCUT2D eigenvalue weighted by Gasteiger charge is 2.13. The average molecular weight is 528 g/mol. The first kappa shape index (κ1) is 22.9. The van der Waals surface area contributed by atoms with Gasteiger partial charge in [0.2, 0.25) is 0 Å². The number of hydrogen-bond acceptors (Lipinski definition) is 5. The number of phenols is 1. The Morgan fingerprint density at radius 1 is 0.971 bits per heavy atom. The molecule has 7 heteroatoms. The van der Waals surface area contributed by atoms with E-state index in [1.54, 1.807) is 22.8 Å². The largest absolute Gasteiger partial charge is 0.507 e. The number of hydrogen-bond donors (Lipinski definition) is 3. The summed E-state index contributed by atoms with van der Waals surface area (Å²) in [6.07, 6.45) is 3.68. The highest BCUT2D eigenvalue weighted by molar-refractivity contribution is 9.10. The van der Waals surface area contributed by atoms with Gasteiger partial charge in [0.1, 0.15) is 11.6 Å². The molecule has 0 saturated heterocycles. The summed E-state index contributed by atoms with van der Waals surface area (Å²) in [6.45, 7) is 5.87. The van der Waals surface area contributed by atoms with E-state index in [0.29, 0.717) is 16.9 Å². The van der Waals surface area contributed by atoms with Crippen LogP contribution in [0.15, 0.2) is 90.0 Å². The highest BCUT2D eigenvalue weighted by Crippen LogP contribution is 2.31. The third-order valence-electron chi connectivity index (χ3n) is 5.97. The van der Waals surface area contributed by atoms with E-state index in [2.05, 4.69) is 85.7 Å². The van der Waals surface area contributed by atoms with Crippen LogP contribution in [0, 0.1) is 0 Å². The first-order valence-corrected chi connectivity index (χ1v) is 12.4. The van der Waals surface area contributed by atoms with E-state index in [-0.39, 0.29) is 5.75 Å². The van der Waals surface area contributed by atoms with Crippen LogP contribution in [0.4, 0.5) is 5.82 Å². The molecule has 0 unspecified atom stereocenters. The molecule has 5 aromatic rings. The number of halogens is 1. The van der Waals surface area contributed by atoms with Crippen molar-refractivity contribution in [2.75, 3.05) is 18.4 Å². The average Bonchev–Trinajstić information content (AvgIpc) is 3.26. The maximum absolute atomic E-state index is 10.3. The van der Waals surface area contributed by atoms with Crippen LogP contribution in [0.25, 0.3) is 33.4 Å². The Kier molecular flexibility index (Phi) is 6.68. The van der Waals surface area contributed by atoms with Gasteiger partial charge in [-0.05, 0) is 51.7 Å². The van der Waals surface area contributed by atoms with E-state index < -0.39 is 0 Å². The molecule has 0 fully saturated rings. The lowest BCUT2D eigenvalue weighted by Gasteiger charge is -2.13. The number of anilines is 1. The number of aromatic nitrogens is 3. The van der Waals surface area contributed by atoms with Gasteiger partial charge in [-0.2, -0.15) is 9.61 Å². The second-order valence-electron chi connectivity index (χ2n) is 8.34. The second kappa shape index (κ2) is 10.2. The van der Waals surface area contributed by atoms with Crippen LogP contribution in [0.3, 0.4) is 0 Å². The summed E-state index contributed by atoms with van der Waals surface area (Å²) >= 11 is 3.52. The molecule has 5 rings (SSSR count). The van der Waals surface area contributed by atoms with Gasteiger partial charge in [0.25, 0.3) is 0 Å². The molecule has 0 spiro atoms. The summed E-state index contributed by atoms with van der Waals surface area (Å²) in [4.78, 5) is 4.69. The van der Waals surface area contributed by atoms with Gasteiger partial charge in [0, 0.05) is 36.0 Å². The van der Waals surface area contributed by atoms with Crippen molar-refractivity contribution in [3.8, 4) is 17.0 Å². The fraction of sp³-hybridized carbons (Fsp3) is 0.143. The molecule has 0 amide bonds. The predicted molar refractivity (Wildman–Crippen MR) is 146 cm³/mol. The zero-order valence-corrected chi connectivity index (χ0v) is 20.8. The Morgan fingerprint density at radius 3 is 2.63 bits per heavy atom. The van der Waals surface area contributed by atoms with Crippen molar-refractivity contribution in [1.82, 2.24) is 19.9 Å². The SMILES string of the molecule is C=C(NCCCCNc1cc(-c2ccccc2O)nc2c(Br)cnn12)c1cccc2ccccc12. The number of fused-ring (bicyclic) bond motifs is 2. The van der Waals surface area contributed by atoms with Crippen molar-refractivity contribution in [3.63, 3.8) is 0 Å². The fourth-order valence-electron chi connectivity index (χ4n) is 4.18. The summed E-state index contributed by atoms with van der Waals surface area (Å²) in [5.74, 6) is 1.02. The number of unbranched alkanes of at least 4 members (excludes halogenated alkanes) is 1. The number of aromatic hydroxyl groups is 1. The molecular formula is C28H26BrN5O. The van der Waals surface area contributed by atoms with Crippen molar-refractivity contribution in [1.29, 1.82) is 0 Å². The normalized spacial score (nSPS) is 11.1. The van der Waals surface area contributed by atoms with E-state index >= 15 is 0 Å². The molecule has 0 radical (unpaired) electrons. The number of benzene rings is 3. The fourth-order valence-corrected chi connectivity index (χ4v) is 4.53. The number of nitrogens with zero attached hydrogens (tertiary/aromatic N) is 3. The molecule has 176 valence electrons. The van der Waals surface area contributed by atoms with Crippen LogP contribution in [0.5, 0.6) is 5.75 Å². The van der Waals surface area contributed by atoms with Crippen LogP contribution >= 0.6 is 15.9 Å².